The Morgan fingerprint density at radius 2 is 1.88 bits per heavy atom. The van der Waals surface area contributed by atoms with Gasteiger partial charge in [-0.05, 0) is 36.4 Å². The SMILES string of the molecule is NC(=O)c1ccc(OCCNC[C@H](O)COc2cccc(N)c2)cc1. The first kappa shape index (κ1) is 18.6. The van der Waals surface area contributed by atoms with Gasteiger partial charge < -0.3 is 31.4 Å². The number of rotatable bonds is 10. The van der Waals surface area contributed by atoms with Gasteiger partial charge in [0.2, 0.25) is 5.91 Å². The Hall–Kier alpha value is -2.77. The first-order chi connectivity index (χ1) is 12.0. The number of hydrogen-bond acceptors (Lipinski definition) is 6. The average molecular weight is 345 g/mol. The number of nitrogens with two attached hydrogens (primary N) is 2. The molecule has 0 radical (unpaired) electrons. The molecule has 0 bridgehead atoms. The van der Waals surface area contributed by atoms with Crippen molar-refractivity contribution in [2.75, 3.05) is 32.0 Å². The molecule has 0 fully saturated rings. The summed E-state index contributed by atoms with van der Waals surface area (Å²) < 4.78 is 11.0. The maximum atomic E-state index is 11.0. The summed E-state index contributed by atoms with van der Waals surface area (Å²) in [6.07, 6.45) is -0.642. The quantitative estimate of drug-likeness (QED) is 0.373. The number of hydrogen-bond donors (Lipinski definition) is 4. The molecule has 7 heteroatoms. The van der Waals surface area contributed by atoms with E-state index < -0.39 is 12.0 Å². The summed E-state index contributed by atoms with van der Waals surface area (Å²) in [6.45, 7) is 1.55. The lowest BCUT2D eigenvalue weighted by Gasteiger charge is -2.14. The Morgan fingerprint density at radius 1 is 1.12 bits per heavy atom. The fraction of sp³-hybridized carbons (Fsp3) is 0.278. The van der Waals surface area contributed by atoms with Gasteiger partial charge in [0, 0.05) is 30.4 Å². The topological polar surface area (TPSA) is 120 Å². The van der Waals surface area contributed by atoms with E-state index in [1.54, 1.807) is 48.5 Å². The summed E-state index contributed by atoms with van der Waals surface area (Å²) in [6, 6.07) is 13.7. The zero-order valence-electron chi connectivity index (χ0n) is 13.9. The fourth-order valence-electron chi connectivity index (χ4n) is 2.08. The van der Waals surface area contributed by atoms with Gasteiger partial charge in [-0.2, -0.15) is 0 Å². The van der Waals surface area contributed by atoms with Gasteiger partial charge in [0.25, 0.3) is 0 Å². The Morgan fingerprint density at radius 3 is 2.56 bits per heavy atom. The van der Waals surface area contributed by atoms with E-state index in [9.17, 15) is 9.90 Å². The number of amides is 1. The van der Waals surface area contributed by atoms with Gasteiger partial charge in [-0.1, -0.05) is 6.07 Å². The second-order valence-corrected chi connectivity index (χ2v) is 5.48. The van der Waals surface area contributed by atoms with Crippen molar-refractivity contribution >= 4 is 11.6 Å². The number of carbonyl (C=O) groups excluding carboxylic acids is 1. The van der Waals surface area contributed by atoms with Gasteiger partial charge in [-0.3, -0.25) is 4.79 Å². The number of anilines is 1. The van der Waals surface area contributed by atoms with Crippen molar-refractivity contribution < 1.29 is 19.4 Å². The van der Waals surface area contributed by atoms with Crippen LogP contribution in [-0.2, 0) is 0 Å². The third-order valence-corrected chi connectivity index (χ3v) is 3.37. The average Bonchev–Trinajstić information content (AvgIpc) is 2.60. The van der Waals surface area contributed by atoms with Crippen LogP contribution in [0.2, 0.25) is 0 Å². The molecule has 7 nitrogen and oxygen atoms in total. The number of aliphatic hydroxyl groups excluding tert-OH is 1. The van der Waals surface area contributed by atoms with Gasteiger partial charge in [0.1, 0.15) is 30.8 Å². The Bertz CT molecular complexity index is 676. The lowest BCUT2D eigenvalue weighted by Crippen LogP contribution is -2.33. The lowest BCUT2D eigenvalue weighted by atomic mass is 10.2. The number of primary amides is 1. The summed E-state index contributed by atoms with van der Waals surface area (Å²) in [5, 5.41) is 13.0. The number of nitrogens with one attached hydrogen (secondary N) is 1. The van der Waals surface area contributed by atoms with E-state index in [0.29, 0.717) is 42.4 Å². The van der Waals surface area contributed by atoms with Gasteiger partial charge in [0.05, 0.1) is 0 Å². The van der Waals surface area contributed by atoms with Crippen LogP contribution in [0, 0.1) is 0 Å². The van der Waals surface area contributed by atoms with Crippen LogP contribution in [0.25, 0.3) is 0 Å². The van der Waals surface area contributed by atoms with Crippen LogP contribution in [-0.4, -0.2) is 43.4 Å². The van der Waals surface area contributed by atoms with Crippen LogP contribution in [0.15, 0.2) is 48.5 Å². The maximum absolute atomic E-state index is 11.0. The van der Waals surface area contributed by atoms with Crippen LogP contribution in [0.4, 0.5) is 5.69 Å². The first-order valence-electron chi connectivity index (χ1n) is 7.94. The Labute approximate surface area is 146 Å². The van der Waals surface area contributed by atoms with Crippen molar-refractivity contribution in [1.82, 2.24) is 5.32 Å². The standard InChI is InChI=1S/C18H23N3O4/c19-14-2-1-3-17(10-14)25-12-15(22)11-21-8-9-24-16-6-4-13(5-7-16)18(20)23/h1-7,10,15,21-22H,8-9,11-12,19H2,(H2,20,23)/t15-/m0/s1. The minimum atomic E-state index is -0.642. The summed E-state index contributed by atoms with van der Waals surface area (Å²) in [5.41, 5.74) is 11.9. The summed E-state index contributed by atoms with van der Waals surface area (Å²) in [4.78, 5) is 11.0. The molecule has 6 N–H and O–H groups in total. The molecule has 2 aromatic carbocycles. The molecule has 1 amide bonds. The minimum Gasteiger partial charge on any atom is -0.492 e. The first-order valence-corrected chi connectivity index (χ1v) is 7.94. The molecular weight excluding hydrogens is 322 g/mol. The maximum Gasteiger partial charge on any atom is 0.248 e. The molecule has 25 heavy (non-hydrogen) atoms. The highest BCUT2D eigenvalue weighted by Gasteiger charge is 2.05. The van der Waals surface area contributed by atoms with Crippen LogP contribution in [0.1, 0.15) is 10.4 Å². The molecule has 0 aromatic heterocycles. The van der Waals surface area contributed by atoms with Gasteiger partial charge in [-0.25, -0.2) is 0 Å². The number of nitrogen functional groups attached to an aromatic ring is 1. The van der Waals surface area contributed by atoms with E-state index in [1.807, 2.05) is 0 Å². The normalized spacial score (nSPS) is 11.7. The predicted octanol–water partition coefficient (Wildman–Crippen LogP) is 0.776. The van der Waals surface area contributed by atoms with Crippen LogP contribution in [0.3, 0.4) is 0 Å². The summed E-state index contributed by atoms with van der Waals surface area (Å²) in [5.74, 6) is 0.807. The molecule has 0 spiro atoms. The molecule has 0 aliphatic heterocycles. The largest absolute Gasteiger partial charge is 0.492 e. The van der Waals surface area contributed by atoms with Crippen LogP contribution >= 0.6 is 0 Å². The number of carbonyl (C=O) groups is 1. The number of benzene rings is 2. The fourth-order valence-corrected chi connectivity index (χ4v) is 2.08. The van der Waals surface area contributed by atoms with E-state index >= 15 is 0 Å². The third kappa shape index (κ3) is 6.70. The van der Waals surface area contributed by atoms with E-state index in [1.165, 1.54) is 0 Å². The molecular formula is C18H23N3O4. The molecule has 2 aromatic rings. The second-order valence-electron chi connectivity index (χ2n) is 5.48. The second kappa shape index (κ2) is 9.51. The molecule has 0 saturated carbocycles. The van der Waals surface area contributed by atoms with Crippen LogP contribution in [0.5, 0.6) is 11.5 Å². The molecule has 0 saturated heterocycles. The summed E-state index contributed by atoms with van der Waals surface area (Å²) in [7, 11) is 0. The lowest BCUT2D eigenvalue weighted by molar-refractivity contribution is 0.1000. The Balaban J connectivity index is 1.58. The van der Waals surface area contributed by atoms with Gasteiger partial charge >= 0.3 is 0 Å². The number of aliphatic hydroxyl groups is 1. The van der Waals surface area contributed by atoms with Crippen molar-refractivity contribution in [3.05, 3.63) is 54.1 Å². The molecule has 0 heterocycles. The highest BCUT2D eigenvalue weighted by atomic mass is 16.5. The molecule has 0 unspecified atom stereocenters. The van der Waals surface area contributed by atoms with E-state index in [2.05, 4.69) is 5.32 Å². The van der Waals surface area contributed by atoms with E-state index in [0.717, 1.165) is 0 Å². The highest BCUT2D eigenvalue weighted by molar-refractivity contribution is 5.92. The van der Waals surface area contributed by atoms with Gasteiger partial charge in [0.15, 0.2) is 0 Å². The van der Waals surface area contributed by atoms with E-state index in [4.69, 9.17) is 20.9 Å². The van der Waals surface area contributed by atoms with Gasteiger partial charge in [-0.15, -0.1) is 0 Å². The van der Waals surface area contributed by atoms with Crippen molar-refractivity contribution in [3.63, 3.8) is 0 Å². The summed E-state index contributed by atoms with van der Waals surface area (Å²) >= 11 is 0. The third-order valence-electron chi connectivity index (χ3n) is 3.37. The number of ether oxygens (including phenoxy) is 2. The molecule has 1 atom stereocenters. The van der Waals surface area contributed by atoms with Crippen molar-refractivity contribution in [1.29, 1.82) is 0 Å². The molecule has 0 aliphatic carbocycles. The molecule has 0 aliphatic rings. The zero-order chi connectivity index (χ0) is 18.1. The van der Waals surface area contributed by atoms with Crippen molar-refractivity contribution in [3.8, 4) is 11.5 Å². The van der Waals surface area contributed by atoms with Crippen molar-refractivity contribution in [2.45, 2.75) is 6.10 Å². The minimum absolute atomic E-state index is 0.173. The van der Waals surface area contributed by atoms with Crippen molar-refractivity contribution in [2.24, 2.45) is 5.73 Å². The molecule has 134 valence electrons. The Kier molecular flexibility index (Phi) is 7.06. The van der Waals surface area contributed by atoms with Crippen LogP contribution < -0.4 is 26.3 Å². The monoisotopic (exact) mass is 345 g/mol. The predicted molar refractivity (Wildman–Crippen MR) is 95.7 cm³/mol. The highest BCUT2D eigenvalue weighted by Crippen LogP contribution is 2.14. The smallest absolute Gasteiger partial charge is 0.248 e. The zero-order valence-corrected chi connectivity index (χ0v) is 13.9. The molecule has 2 rings (SSSR count). The van der Waals surface area contributed by atoms with E-state index in [-0.39, 0.29) is 6.61 Å².